The molecule has 5 heteroatoms. The Bertz CT molecular complexity index is 735. The monoisotopic (exact) mass is 325 g/mol. The smallest absolute Gasteiger partial charge is 0.336 e. The van der Waals surface area contributed by atoms with Crippen molar-refractivity contribution in [1.82, 2.24) is 0 Å². The molecule has 0 aliphatic heterocycles. The van der Waals surface area contributed by atoms with Crippen molar-refractivity contribution in [2.75, 3.05) is 11.9 Å². The highest BCUT2D eigenvalue weighted by Gasteiger charge is 2.03. The normalized spacial score (nSPS) is 10.4. The lowest BCUT2D eigenvalue weighted by molar-refractivity contribution is -0.128. The van der Waals surface area contributed by atoms with E-state index in [4.69, 9.17) is 9.47 Å². The van der Waals surface area contributed by atoms with Gasteiger partial charge in [-0.2, -0.15) is 0 Å². The second kappa shape index (κ2) is 8.53. The lowest BCUT2D eigenvalue weighted by atomic mass is 10.2. The van der Waals surface area contributed by atoms with Gasteiger partial charge in [-0.1, -0.05) is 18.2 Å². The topological polar surface area (TPSA) is 64.6 Å². The summed E-state index contributed by atoms with van der Waals surface area (Å²) in [5.74, 6) is 0.463. The highest BCUT2D eigenvalue weighted by molar-refractivity contribution is 5.90. The van der Waals surface area contributed by atoms with Crippen molar-refractivity contribution < 1.29 is 19.1 Å². The lowest BCUT2D eigenvalue weighted by Gasteiger charge is -2.06. The Morgan fingerprint density at radius 1 is 1.08 bits per heavy atom. The third-order valence-corrected chi connectivity index (χ3v) is 3.01. The number of anilines is 1. The number of carbonyl (C=O) groups excluding carboxylic acids is 2. The standard InChI is InChI=1S/C19H19NO4/c1-3-23-18-7-5-4-6-15(18)8-13-19(22)24-17-11-9-16(10-12-17)20-14(2)21/h4-13H,3H2,1-2H3,(H,20,21)/b13-8+. The average molecular weight is 325 g/mol. The minimum atomic E-state index is -0.492. The van der Waals surface area contributed by atoms with E-state index >= 15 is 0 Å². The Labute approximate surface area is 140 Å². The quantitative estimate of drug-likeness (QED) is 0.500. The average Bonchev–Trinajstić information content (AvgIpc) is 2.56. The van der Waals surface area contributed by atoms with Crippen molar-refractivity contribution in [3.63, 3.8) is 0 Å². The number of amides is 1. The molecule has 0 unspecified atom stereocenters. The van der Waals surface area contributed by atoms with E-state index in [1.165, 1.54) is 13.0 Å². The van der Waals surface area contributed by atoms with Gasteiger partial charge in [-0.25, -0.2) is 4.79 Å². The summed E-state index contributed by atoms with van der Waals surface area (Å²) in [5.41, 5.74) is 1.45. The van der Waals surface area contributed by atoms with Crippen LogP contribution in [-0.2, 0) is 9.59 Å². The van der Waals surface area contributed by atoms with Gasteiger partial charge in [-0.05, 0) is 43.3 Å². The predicted molar refractivity (Wildman–Crippen MR) is 93.0 cm³/mol. The molecule has 0 saturated heterocycles. The first-order valence-corrected chi connectivity index (χ1v) is 7.58. The number of benzene rings is 2. The summed E-state index contributed by atoms with van der Waals surface area (Å²) in [6.07, 6.45) is 3.00. The maximum Gasteiger partial charge on any atom is 0.336 e. The van der Waals surface area contributed by atoms with Crippen LogP contribution in [0.25, 0.3) is 6.08 Å². The fraction of sp³-hybridized carbons (Fsp3) is 0.158. The zero-order chi connectivity index (χ0) is 17.4. The molecule has 2 rings (SSSR count). The molecule has 1 N–H and O–H groups in total. The van der Waals surface area contributed by atoms with Crippen molar-refractivity contribution in [1.29, 1.82) is 0 Å². The van der Waals surface area contributed by atoms with Crippen LogP contribution in [0.15, 0.2) is 54.6 Å². The van der Waals surface area contributed by atoms with Gasteiger partial charge in [0.2, 0.25) is 5.91 Å². The Morgan fingerprint density at radius 3 is 2.46 bits per heavy atom. The number of para-hydroxylation sites is 1. The van der Waals surface area contributed by atoms with E-state index in [1.807, 2.05) is 31.2 Å². The molecule has 0 saturated carbocycles. The van der Waals surface area contributed by atoms with Gasteiger partial charge in [-0.15, -0.1) is 0 Å². The Kier molecular flexibility index (Phi) is 6.14. The molecule has 2 aromatic carbocycles. The van der Waals surface area contributed by atoms with E-state index in [0.29, 0.717) is 23.8 Å². The molecule has 0 bridgehead atoms. The van der Waals surface area contributed by atoms with Gasteiger partial charge < -0.3 is 14.8 Å². The molecule has 5 nitrogen and oxygen atoms in total. The van der Waals surface area contributed by atoms with Gasteiger partial charge >= 0.3 is 5.97 Å². The van der Waals surface area contributed by atoms with Gasteiger partial charge in [0.05, 0.1) is 6.61 Å². The largest absolute Gasteiger partial charge is 0.493 e. The molecule has 0 heterocycles. The van der Waals surface area contributed by atoms with Crippen LogP contribution in [0.2, 0.25) is 0 Å². The van der Waals surface area contributed by atoms with E-state index in [-0.39, 0.29) is 5.91 Å². The van der Waals surface area contributed by atoms with E-state index in [2.05, 4.69) is 5.32 Å². The molecular weight excluding hydrogens is 306 g/mol. The molecule has 0 spiro atoms. The van der Waals surface area contributed by atoms with Crippen molar-refractivity contribution in [3.8, 4) is 11.5 Å². The molecule has 124 valence electrons. The first kappa shape index (κ1) is 17.3. The van der Waals surface area contributed by atoms with E-state index in [1.54, 1.807) is 30.3 Å². The minimum absolute atomic E-state index is 0.157. The molecule has 0 atom stereocenters. The highest BCUT2D eigenvalue weighted by atomic mass is 16.5. The van der Waals surface area contributed by atoms with Crippen LogP contribution in [0.4, 0.5) is 5.69 Å². The predicted octanol–water partition coefficient (Wildman–Crippen LogP) is 3.66. The van der Waals surface area contributed by atoms with Crippen LogP contribution in [0.5, 0.6) is 11.5 Å². The number of carbonyl (C=O) groups is 2. The fourth-order valence-electron chi connectivity index (χ4n) is 2.02. The molecule has 0 aliphatic carbocycles. The van der Waals surface area contributed by atoms with Crippen molar-refractivity contribution in [2.24, 2.45) is 0 Å². The van der Waals surface area contributed by atoms with Crippen molar-refractivity contribution in [3.05, 3.63) is 60.2 Å². The van der Waals surface area contributed by atoms with Crippen LogP contribution in [-0.4, -0.2) is 18.5 Å². The summed E-state index contributed by atoms with van der Waals surface area (Å²) in [7, 11) is 0. The van der Waals surface area contributed by atoms with Crippen molar-refractivity contribution in [2.45, 2.75) is 13.8 Å². The number of esters is 1. The summed E-state index contributed by atoms with van der Waals surface area (Å²) >= 11 is 0. The zero-order valence-electron chi connectivity index (χ0n) is 13.6. The molecular formula is C19H19NO4. The number of hydrogen-bond acceptors (Lipinski definition) is 4. The third-order valence-electron chi connectivity index (χ3n) is 3.01. The van der Waals surface area contributed by atoms with E-state index < -0.39 is 5.97 Å². The van der Waals surface area contributed by atoms with Crippen LogP contribution in [0.1, 0.15) is 19.4 Å². The third kappa shape index (κ3) is 5.28. The molecule has 0 fully saturated rings. The summed E-state index contributed by atoms with van der Waals surface area (Å²) in [6, 6.07) is 14.0. The molecule has 24 heavy (non-hydrogen) atoms. The van der Waals surface area contributed by atoms with Gasteiger partial charge in [-0.3, -0.25) is 4.79 Å². The highest BCUT2D eigenvalue weighted by Crippen LogP contribution is 2.20. The number of hydrogen-bond donors (Lipinski definition) is 1. The maximum atomic E-state index is 11.9. The Hall–Kier alpha value is -3.08. The number of nitrogens with one attached hydrogen (secondary N) is 1. The number of ether oxygens (including phenoxy) is 2. The summed E-state index contributed by atoms with van der Waals surface area (Å²) in [4.78, 5) is 22.9. The Balaban J connectivity index is 1.99. The van der Waals surface area contributed by atoms with E-state index in [9.17, 15) is 9.59 Å². The first-order valence-electron chi connectivity index (χ1n) is 7.58. The lowest BCUT2D eigenvalue weighted by Crippen LogP contribution is -2.06. The van der Waals surface area contributed by atoms with Crippen LogP contribution >= 0.6 is 0 Å². The fourth-order valence-corrected chi connectivity index (χ4v) is 2.02. The molecule has 0 aliphatic rings. The summed E-state index contributed by atoms with van der Waals surface area (Å²) in [5, 5.41) is 2.64. The zero-order valence-corrected chi connectivity index (χ0v) is 13.6. The minimum Gasteiger partial charge on any atom is -0.493 e. The number of rotatable bonds is 6. The van der Waals surface area contributed by atoms with Gasteiger partial charge in [0, 0.05) is 24.3 Å². The Morgan fingerprint density at radius 2 is 1.79 bits per heavy atom. The summed E-state index contributed by atoms with van der Waals surface area (Å²) in [6.45, 7) is 3.88. The van der Waals surface area contributed by atoms with Gasteiger partial charge in [0.1, 0.15) is 11.5 Å². The first-order chi connectivity index (χ1) is 11.6. The second-order valence-electron chi connectivity index (χ2n) is 4.93. The van der Waals surface area contributed by atoms with Crippen LogP contribution < -0.4 is 14.8 Å². The van der Waals surface area contributed by atoms with Crippen LogP contribution in [0, 0.1) is 0 Å². The van der Waals surface area contributed by atoms with Crippen molar-refractivity contribution >= 4 is 23.6 Å². The van der Waals surface area contributed by atoms with Gasteiger partial charge in [0.25, 0.3) is 0 Å². The van der Waals surface area contributed by atoms with Gasteiger partial charge in [0.15, 0.2) is 0 Å². The molecule has 0 radical (unpaired) electrons. The maximum absolute atomic E-state index is 11.9. The second-order valence-corrected chi connectivity index (χ2v) is 4.93. The SMILES string of the molecule is CCOc1ccccc1/C=C/C(=O)Oc1ccc(NC(C)=O)cc1. The molecule has 1 amide bonds. The molecule has 2 aromatic rings. The van der Waals surface area contributed by atoms with E-state index in [0.717, 1.165) is 5.56 Å². The van der Waals surface area contributed by atoms with Crippen LogP contribution in [0.3, 0.4) is 0 Å². The summed E-state index contributed by atoms with van der Waals surface area (Å²) < 4.78 is 10.7. The molecule has 0 aromatic heterocycles.